The molecule has 0 unspecified atom stereocenters. The van der Waals surface area contributed by atoms with Crippen LogP contribution in [0, 0.1) is 17.0 Å². The average Bonchev–Trinajstić information content (AvgIpc) is 2.88. The van der Waals surface area contributed by atoms with Crippen LogP contribution in [0.5, 0.6) is 0 Å². The van der Waals surface area contributed by atoms with Gasteiger partial charge in [0.2, 0.25) is 0 Å². The second-order valence-electron chi connectivity index (χ2n) is 4.93. The number of hydrogen-bond acceptors (Lipinski definition) is 4. The predicted octanol–water partition coefficient (Wildman–Crippen LogP) is 3.38. The first-order valence-corrected chi connectivity index (χ1v) is 6.84. The number of nitrogens with zero attached hydrogens (tertiary/aromatic N) is 3. The van der Waals surface area contributed by atoms with Gasteiger partial charge in [-0.15, -0.1) is 0 Å². The van der Waals surface area contributed by atoms with Crippen molar-refractivity contribution < 1.29 is 9.72 Å². The van der Waals surface area contributed by atoms with Crippen LogP contribution in [0.3, 0.4) is 0 Å². The van der Waals surface area contributed by atoms with Gasteiger partial charge in [-0.05, 0) is 13.3 Å². The molecule has 0 aliphatic heterocycles. The number of nitro groups is 1. The van der Waals surface area contributed by atoms with Gasteiger partial charge >= 0.3 is 0 Å². The number of benzene rings is 1. The number of rotatable bonds is 6. The summed E-state index contributed by atoms with van der Waals surface area (Å²) in [6.07, 6.45) is 4.41. The first-order chi connectivity index (χ1) is 10.1. The van der Waals surface area contributed by atoms with Crippen LogP contribution in [0.1, 0.15) is 35.7 Å². The summed E-state index contributed by atoms with van der Waals surface area (Å²) in [5.74, 6) is 0. The Hall–Kier alpha value is -2.50. The number of carbonyl (C=O) groups excluding carboxylic acids is 1. The summed E-state index contributed by atoms with van der Waals surface area (Å²) in [6.45, 7) is 4.49. The zero-order valence-electron chi connectivity index (χ0n) is 12.1. The molecule has 6 heteroatoms. The summed E-state index contributed by atoms with van der Waals surface area (Å²) in [5, 5.41) is 15.4. The van der Waals surface area contributed by atoms with Crippen molar-refractivity contribution in [3.05, 3.63) is 45.6 Å². The topological polar surface area (TPSA) is 78.0 Å². The van der Waals surface area contributed by atoms with Gasteiger partial charge in [0.1, 0.15) is 5.69 Å². The molecule has 0 atom stereocenters. The molecule has 0 amide bonds. The molecular weight excluding hydrogens is 270 g/mol. The van der Waals surface area contributed by atoms with E-state index in [4.69, 9.17) is 0 Å². The van der Waals surface area contributed by atoms with Gasteiger partial charge in [0, 0.05) is 29.9 Å². The van der Waals surface area contributed by atoms with Crippen LogP contribution < -0.4 is 0 Å². The standard InChI is InChI=1S/C15H17N3O3/c1-3-4-7-17-9-13(10-19)15(16-17)12-6-5-11(2)14(8-12)18(20)21/h5-6,8-10H,3-4,7H2,1-2H3. The Morgan fingerprint density at radius 2 is 2.19 bits per heavy atom. The summed E-state index contributed by atoms with van der Waals surface area (Å²) in [7, 11) is 0. The van der Waals surface area contributed by atoms with Crippen LogP contribution in [0.25, 0.3) is 11.3 Å². The Bertz CT molecular complexity index is 677. The minimum atomic E-state index is -0.423. The maximum absolute atomic E-state index is 11.2. The molecule has 1 aromatic heterocycles. The molecular formula is C15H17N3O3. The van der Waals surface area contributed by atoms with Gasteiger partial charge in [-0.2, -0.15) is 5.10 Å². The van der Waals surface area contributed by atoms with Crippen LogP contribution >= 0.6 is 0 Å². The molecule has 1 heterocycles. The molecule has 0 bridgehead atoms. The molecule has 2 rings (SSSR count). The Balaban J connectivity index is 2.45. The average molecular weight is 287 g/mol. The van der Waals surface area contributed by atoms with Crippen molar-refractivity contribution in [1.29, 1.82) is 0 Å². The van der Waals surface area contributed by atoms with Gasteiger partial charge in [-0.1, -0.05) is 25.5 Å². The van der Waals surface area contributed by atoms with E-state index in [-0.39, 0.29) is 5.69 Å². The van der Waals surface area contributed by atoms with E-state index in [0.717, 1.165) is 25.7 Å². The first-order valence-electron chi connectivity index (χ1n) is 6.84. The number of unbranched alkanes of at least 4 members (excludes halogenated alkanes) is 1. The van der Waals surface area contributed by atoms with Gasteiger partial charge in [0.25, 0.3) is 5.69 Å². The van der Waals surface area contributed by atoms with Crippen molar-refractivity contribution in [3.8, 4) is 11.3 Å². The van der Waals surface area contributed by atoms with E-state index < -0.39 is 4.92 Å². The summed E-state index contributed by atoms with van der Waals surface area (Å²) in [5.41, 5.74) is 2.15. The lowest BCUT2D eigenvalue weighted by Crippen LogP contribution is -1.98. The van der Waals surface area contributed by atoms with Crippen molar-refractivity contribution in [3.63, 3.8) is 0 Å². The van der Waals surface area contributed by atoms with Crippen molar-refractivity contribution in [1.82, 2.24) is 9.78 Å². The van der Waals surface area contributed by atoms with Crippen molar-refractivity contribution in [2.24, 2.45) is 0 Å². The molecule has 1 aromatic carbocycles. The van der Waals surface area contributed by atoms with Gasteiger partial charge in [0.15, 0.2) is 6.29 Å². The predicted molar refractivity (Wildman–Crippen MR) is 79.3 cm³/mol. The number of aromatic nitrogens is 2. The Morgan fingerprint density at radius 3 is 2.81 bits per heavy atom. The highest BCUT2D eigenvalue weighted by atomic mass is 16.6. The molecule has 0 fully saturated rings. The third-order valence-electron chi connectivity index (χ3n) is 3.34. The summed E-state index contributed by atoms with van der Waals surface area (Å²) >= 11 is 0. The summed E-state index contributed by atoms with van der Waals surface area (Å²) in [6, 6.07) is 4.89. The molecule has 6 nitrogen and oxygen atoms in total. The lowest BCUT2D eigenvalue weighted by Gasteiger charge is -2.02. The second kappa shape index (κ2) is 6.30. The lowest BCUT2D eigenvalue weighted by molar-refractivity contribution is -0.385. The Morgan fingerprint density at radius 1 is 1.43 bits per heavy atom. The van der Waals surface area contributed by atoms with E-state index in [0.29, 0.717) is 22.4 Å². The maximum Gasteiger partial charge on any atom is 0.272 e. The van der Waals surface area contributed by atoms with Gasteiger partial charge in [-0.25, -0.2) is 0 Å². The smallest absolute Gasteiger partial charge is 0.272 e. The molecule has 21 heavy (non-hydrogen) atoms. The summed E-state index contributed by atoms with van der Waals surface area (Å²) in [4.78, 5) is 21.8. The zero-order chi connectivity index (χ0) is 15.4. The highest BCUT2D eigenvalue weighted by molar-refractivity contribution is 5.85. The van der Waals surface area contributed by atoms with E-state index in [2.05, 4.69) is 12.0 Å². The summed E-state index contributed by atoms with van der Waals surface area (Å²) < 4.78 is 1.72. The van der Waals surface area contributed by atoms with Crippen LogP contribution in [-0.4, -0.2) is 21.0 Å². The van der Waals surface area contributed by atoms with E-state index in [1.54, 1.807) is 29.9 Å². The molecule has 2 aromatic rings. The molecule has 0 aliphatic rings. The normalized spacial score (nSPS) is 10.6. The van der Waals surface area contributed by atoms with Gasteiger partial charge < -0.3 is 0 Å². The third-order valence-corrected chi connectivity index (χ3v) is 3.34. The van der Waals surface area contributed by atoms with Crippen molar-refractivity contribution in [2.45, 2.75) is 33.2 Å². The SMILES string of the molecule is CCCCn1cc(C=O)c(-c2ccc(C)c([N+](=O)[O-])c2)n1. The minimum absolute atomic E-state index is 0.0347. The van der Waals surface area contributed by atoms with Crippen LogP contribution in [-0.2, 0) is 6.54 Å². The Kier molecular flexibility index (Phi) is 4.47. The van der Waals surface area contributed by atoms with E-state index in [1.165, 1.54) is 6.07 Å². The maximum atomic E-state index is 11.2. The number of aryl methyl sites for hydroxylation is 2. The number of carbonyl (C=O) groups is 1. The van der Waals surface area contributed by atoms with Crippen molar-refractivity contribution >= 4 is 12.0 Å². The fourth-order valence-corrected chi connectivity index (χ4v) is 2.14. The quantitative estimate of drug-likeness (QED) is 0.463. The molecule has 110 valence electrons. The molecule has 0 saturated heterocycles. The van der Waals surface area contributed by atoms with E-state index in [1.807, 2.05) is 0 Å². The Labute approximate surface area is 122 Å². The number of nitro benzene ring substituents is 1. The fraction of sp³-hybridized carbons (Fsp3) is 0.333. The van der Waals surface area contributed by atoms with Crippen LogP contribution in [0.2, 0.25) is 0 Å². The van der Waals surface area contributed by atoms with E-state index >= 15 is 0 Å². The fourth-order valence-electron chi connectivity index (χ4n) is 2.14. The van der Waals surface area contributed by atoms with Crippen molar-refractivity contribution in [2.75, 3.05) is 0 Å². The molecule has 0 aliphatic carbocycles. The highest BCUT2D eigenvalue weighted by Gasteiger charge is 2.16. The number of aldehydes is 1. The minimum Gasteiger partial charge on any atom is -0.298 e. The number of hydrogen-bond donors (Lipinski definition) is 0. The van der Waals surface area contributed by atoms with Gasteiger partial charge in [0.05, 0.1) is 10.5 Å². The molecule has 0 saturated carbocycles. The van der Waals surface area contributed by atoms with Crippen LogP contribution in [0.15, 0.2) is 24.4 Å². The highest BCUT2D eigenvalue weighted by Crippen LogP contribution is 2.27. The van der Waals surface area contributed by atoms with Crippen LogP contribution in [0.4, 0.5) is 5.69 Å². The zero-order valence-corrected chi connectivity index (χ0v) is 12.1. The third kappa shape index (κ3) is 3.16. The monoisotopic (exact) mass is 287 g/mol. The van der Waals surface area contributed by atoms with E-state index in [9.17, 15) is 14.9 Å². The largest absolute Gasteiger partial charge is 0.298 e. The lowest BCUT2D eigenvalue weighted by atomic mass is 10.1. The van der Waals surface area contributed by atoms with Gasteiger partial charge in [-0.3, -0.25) is 19.6 Å². The molecule has 0 N–H and O–H groups in total. The first kappa shape index (κ1) is 14.9. The molecule has 0 spiro atoms. The molecule has 0 radical (unpaired) electrons. The second-order valence-corrected chi connectivity index (χ2v) is 4.93.